The average molecular weight is 550 g/mol. The van der Waals surface area contributed by atoms with Gasteiger partial charge in [0.2, 0.25) is 5.91 Å². The van der Waals surface area contributed by atoms with Crippen LogP contribution in [-0.2, 0) is 19.9 Å². The zero-order valence-corrected chi connectivity index (χ0v) is 24.4. The number of ether oxygens (including phenoxy) is 1. The molecule has 1 aromatic carbocycles. The van der Waals surface area contributed by atoms with E-state index in [1.807, 2.05) is 53.7 Å². The van der Waals surface area contributed by atoms with Crippen LogP contribution in [0.25, 0.3) is 0 Å². The second-order valence-electron chi connectivity index (χ2n) is 12.6. The molecule has 2 N–H and O–H groups in total. The van der Waals surface area contributed by atoms with E-state index in [1.165, 1.54) is 0 Å². The molecule has 0 radical (unpaired) electrons. The van der Waals surface area contributed by atoms with Crippen LogP contribution in [0.2, 0.25) is 5.02 Å². The van der Waals surface area contributed by atoms with Crippen LogP contribution in [0.1, 0.15) is 66.4 Å². The maximum absolute atomic E-state index is 13.3. The molecule has 2 amide bonds. The molecule has 2 unspecified atom stereocenters. The van der Waals surface area contributed by atoms with Gasteiger partial charge in [-0.05, 0) is 57.7 Å². The lowest BCUT2D eigenvalue weighted by molar-refractivity contribution is -0.132. The molecular formula is C29H44ClN3O5. The Bertz CT molecular complexity index is 993. The smallest absolute Gasteiger partial charge is 0.410 e. The maximum atomic E-state index is 13.3. The van der Waals surface area contributed by atoms with Crippen LogP contribution in [0.4, 0.5) is 4.79 Å². The summed E-state index contributed by atoms with van der Waals surface area (Å²) in [4.78, 5) is 41.4. The van der Waals surface area contributed by atoms with Crippen LogP contribution in [0, 0.1) is 17.3 Å². The molecule has 8 nitrogen and oxygen atoms in total. The number of hydrogen-bond donors (Lipinski definition) is 2. The molecule has 2 aliphatic rings. The minimum atomic E-state index is -1.02. The predicted octanol–water partition coefficient (Wildman–Crippen LogP) is 4.23. The number of carbonyl (C=O) groups excluding carboxylic acids is 3. The summed E-state index contributed by atoms with van der Waals surface area (Å²) >= 11 is 6.06. The lowest BCUT2D eigenvalue weighted by atomic mass is 9.66. The van der Waals surface area contributed by atoms with Crippen LogP contribution in [0.5, 0.6) is 0 Å². The highest BCUT2D eigenvalue weighted by Gasteiger charge is 2.49. The number of benzene rings is 1. The molecule has 2 saturated heterocycles. The number of rotatable bonds is 7. The molecule has 2 heterocycles. The Balaban J connectivity index is 1.65. The highest BCUT2D eigenvalue weighted by molar-refractivity contribution is 6.30. The fourth-order valence-corrected chi connectivity index (χ4v) is 5.67. The van der Waals surface area contributed by atoms with Gasteiger partial charge >= 0.3 is 6.09 Å². The van der Waals surface area contributed by atoms with E-state index < -0.39 is 22.7 Å². The molecule has 3 rings (SSSR count). The van der Waals surface area contributed by atoms with E-state index in [0.717, 1.165) is 18.3 Å². The van der Waals surface area contributed by atoms with Gasteiger partial charge in [0.15, 0.2) is 0 Å². The normalized spacial score (nSPS) is 25.8. The van der Waals surface area contributed by atoms with Gasteiger partial charge in [0.05, 0.1) is 17.6 Å². The van der Waals surface area contributed by atoms with Crippen molar-refractivity contribution in [2.45, 2.75) is 78.0 Å². The summed E-state index contributed by atoms with van der Waals surface area (Å²) < 4.78 is 5.49. The van der Waals surface area contributed by atoms with Gasteiger partial charge in [0.25, 0.3) is 0 Å². The van der Waals surface area contributed by atoms with E-state index >= 15 is 0 Å². The maximum Gasteiger partial charge on any atom is 0.410 e. The Hall–Kier alpha value is -2.16. The van der Waals surface area contributed by atoms with Crippen molar-refractivity contribution in [2.75, 3.05) is 32.7 Å². The van der Waals surface area contributed by atoms with Crippen molar-refractivity contribution in [2.24, 2.45) is 17.3 Å². The predicted molar refractivity (Wildman–Crippen MR) is 148 cm³/mol. The van der Waals surface area contributed by atoms with Gasteiger partial charge in [-0.2, -0.15) is 0 Å². The Kier molecular flexibility index (Phi) is 9.54. The average Bonchev–Trinajstić information content (AvgIpc) is 2.84. The molecule has 0 aromatic heterocycles. The molecule has 2 fully saturated rings. The minimum Gasteiger partial charge on any atom is -0.444 e. The Morgan fingerprint density at radius 3 is 2.47 bits per heavy atom. The van der Waals surface area contributed by atoms with Gasteiger partial charge in [-0.25, -0.2) is 4.79 Å². The summed E-state index contributed by atoms with van der Waals surface area (Å²) in [6, 6.07) is 6.96. The Morgan fingerprint density at radius 1 is 1.24 bits per heavy atom. The monoisotopic (exact) mass is 549 g/mol. The number of amides is 2. The van der Waals surface area contributed by atoms with Crippen molar-refractivity contribution in [3.8, 4) is 0 Å². The molecule has 38 heavy (non-hydrogen) atoms. The highest BCUT2D eigenvalue weighted by Crippen LogP contribution is 2.46. The summed E-state index contributed by atoms with van der Waals surface area (Å²) in [6.07, 6.45) is 2.38. The summed E-state index contributed by atoms with van der Waals surface area (Å²) in [5.41, 5.74) is -1.26. The third-order valence-electron chi connectivity index (χ3n) is 7.93. The number of hydrogen-bond acceptors (Lipinski definition) is 6. The van der Waals surface area contributed by atoms with Gasteiger partial charge in [-0.15, -0.1) is 0 Å². The first-order valence-electron chi connectivity index (χ1n) is 13.6. The number of aldehydes is 1. The van der Waals surface area contributed by atoms with Crippen molar-refractivity contribution in [1.29, 1.82) is 0 Å². The molecule has 0 aliphatic carbocycles. The van der Waals surface area contributed by atoms with Crippen molar-refractivity contribution in [1.82, 2.24) is 15.1 Å². The fraction of sp³-hybridized carbons (Fsp3) is 0.690. The molecular weight excluding hydrogens is 506 g/mol. The minimum absolute atomic E-state index is 0.147. The molecule has 9 heteroatoms. The van der Waals surface area contributed by atoms with Crippen LogP contribution in [-0.4, -0.2) is 77.6 Å². The number of aliphatic hydroxyl groups is 1. The Morgan fingerprint density at radius 2 is 1.89 bits per heavy atom. The second kappa shape index (κ2) is 11.9. The number of likely N-dealkylation sites (tertiary alicyclic amines) is 2. The third-order valence-corrected chi connectivity index (χ3v) is 8.18. The number of nitrogens with zero attached hydrogens (tertiary/aromatic N) is 2. The third kappa shape index (κ3) is 7.27. The van der Waals surface area contributed by atoms with Gasteiger partial charge in [-0.3, -0.25) is 4.79 Å². The van der Waals surface area contributed by atoms with Gasteiger partial charge < -0.3 is 29.8 Å². The molecule has 4 atom stereocenters. The van der Waals surface area contributed by atoms with Crippen molar-refractivity contribution in [3.05, 3.63) is 34.9 Å². The van der Waals surface area contributed by atoms with Crippen LogP contribution < -0.4 is 5.32 Å². The van der Waals surface area contributed by atoms with E-state index in [4.69, 9.17) is 16.3 Å². The van der Waals surface area contributed by atoms with E-state index in [1.54, 1.807) is 17.0 Å². The quantitative estimate of drug-likeness (QED) is 0.494. The van der Waals surface area contributed by atoms with Crippen molar-refractivity contribution >= 4 is 29.9 Å². The standard InChI is InChI=1S/C29H44ClN3O5/c1-20(18-34)24(31-25(35)21-8-7-14-33(16-21)26(36)38-27(2,3)4)17-32-15-13-29(37,28(5,6)19-32)22-9-11-23(30)12-10-22/h9-12,18,20-21,24,37H,7-8,13-17,19H2,1-6H3,(H,31,35)/t20-,21?,24?,29-/m0/s1. The van der Waals surface area contributed by atoms with Crippen LogP contribution >= 0.6 is 11.6 Å². The molecule has 0 spiro atoms. The van der Waals surface area contributed by atoms with E-state index in [-0.39, 0.29) is 23.8 Å². The summed E-state index contributed by atoms with van der Waals surface area (Å²) in [7, 11) is 0. The van der Waals surface area contributed by atoms with Gasteiger partial charge in [0, 0.05) is 49.1 Å². The highest BCUT2D eigenvalue weighted by atomic mass is 35.5. The lowest BCUT2D eigenvalue weighted by Crippen LogP contribution is -2.59. The molecule has 212 valence electrons. The lowest BCUT2D eigenvalue weighted by Gasteiger charge is -2.51. The van der Waals surface area contributed by atoms with E-state index in [0.29, 0.717) is 50.6 Å². The van der Waals surface area contributed by atoms with Gasteiger partial charge in [0.1, 0.15) is 11.9 Å². The van der Waals surface area contributed by atoms with Crippen molar-refractivity contribution in [3.63, 3.8) is 0 Å². The fourth-order valence-electron chi connectivity index (χ4n) is 5.54. The second-order valence-corrected chi connectivity index (χ2v) is 13.0. The van der Waals surface area contributed by atoms with E-state index in [9.17, 15) is 19.5 Å². The number of nitrogens with one attached hydrogen (secondary N) is 1. The number of piperidine rings is 2. The van der Waals surface area contributed by atoms with Crippen LogP contribution in [0.3, 0.4) is 0 Å². The zero-order valence-electron chi connectivity index (χ0n) is 23.6. The first kappa shape index (κ1) is 30.4. The molecule has 0 bridgehead atoms. The topological polar surface area (TPSA) is 99.2 Å². The Labute approximate surface area is 232 Å². The first-order chi connectivity index (χ1) is 17.6. The van der Waals surface area contributed by atoms with Crippen molar-refractivity contribution < 1.29 is 24.2 Å². The summed E-state index contributed by atoms with van der Waals surface area (Å²) in [6.45, 7) is 13.9. The molecule has 1 aromatic rings. The zero-order chi connectivity index (χ0) is 28.3. The SMILES string of the molecule is C[C@@H](C=O)C(CN1CC[C@](O)(c2ccc(Cl)cc2)C(C)(C)C1)NC(=O)C1CCCN(C(=O)OC(C)(C)C)C1. The molecule has 0 saturated carbocycles. The largest absolute Gasteiger partial charge is 0.444 e. The first-order valence-corrected chi connectivity index (χ1v) is 14.0. The molecule has 2 aliphatic heterocycles. The number of carbonyl (C=O) groups is 3. The van der Waals surface area contributed by atoms with E-state index in [2.05, 4.69) is 10.2 Å². The summed E-state index contributed by atoms with van der Waals surface area (Å²) in [5, 5.41) is 15.4. The summed E-state index contributed by atoms with van der Waals surface area (Å²) in [5.74, 6) is -0.888. The van der Waals surface area contributed by atoms with Gasteiger partial charge in [-0.1, -0.05) is 44.5 Å². The number of halogens is 1. The van der Waals surface area contributed by atoms with Crippen LogP contribution in [0.15, 0.2) is 24.3 Å².